The van der Waals surface area contributed by atoms with Gasteiger partial charge in [0.1, 0.15) is 5.82 Å². The van der Waals surface area contributed by atoms with Gasteiger partial charge in [-0.2, -0.15) is 0 Å². The predicted molar refractivity (Wildman–Crippen MR) is 93.4 cm³/mol. The van der Waals surface area contributed by atoms with Crippen molar-refractivity contribution in [1.82, 2.24) is 9.38 Å². The second-order valence-electron chi connectivity index (χ2n) is 5.18. The van der Waals surface area contributed by atoms with Crippen molar-refractivity contribution in [2.24, 2.45) is 0 Å². The number of ketones is 1. The van der Waals surface area contributed by atoms with Crippen LogP contribution in [-0.4, -0.2) is 33.7 Å². The monoisotopic (exact) mass is 395 g/mol. The number of ether oxygens (including phenoxy) is 1. The standard InChI is InChI=1S/C16H11ClFN3O4S/c1-8(22)19-9-2-3-10(11(18)6-9)12(23)7-25-15(24)13-14(17)20-16-21(13)4-5-26-16/h2-6H,7H2,1H3,(H,19,22). The fourth-order valence-corrected chi connectivity index (χ4v) is 3.25. The summed E-state index contributed by atoms with van der Waals surface area (Å²) in [5, 5.41) is 4.08. The molecule has 10 heteroatoms. The molecule has 0 atom stereocenters. The fraction of sp³-hybridized carbons (Fsp3) is 0.125. The number of imidazole rings is 1. The minimum atomic E-state index is -0.843. The number of rotatable bonds is 5. The van der Waals surface area contributed by atoms with Crippen LogP contribution in [0, 0.1) is 5.82 Å². The molecule has 1 aromatic carbocycles. The van der Waals surface area contributed by atoms with Gasteiger partial charge in [0.05, 0.1) is 5.56 Å². The summed E-state index contributed by atoms with van der Waals surface area (Å²) >= 11 is 7.20. The van der Waals surface area contributed by atoms with Crippen molar-refractivity contribution in [2.75, 3.05) is 11.9 Å². The number of benzene rings is 1. The fourth-order valence-electron chi connectivity index (χ4n) is 2.24. The lowest BCUT2D eigenvalue weighted by Crippen LogP contribution is -2.17. The van der Waals surface area contributed by atoms with Gasteiger partial charge in [-0.25, -0.2) is 14.2 Å². The average molecular weight is 396 g/mol. The van der Waals surface area contributed by atoms with E-state index in [2.05, 4.69) is 10.3 Å². The number of carbonyl (C=O) groups is 3. The number of Topliss-reactive ketones (excluding diaryl/α,β-unsaturated/α-hetero) is 1. The molecule has 2 aromatic heterocycles. The lowest BCUT2D eigenvalue weighted by Gasteiger charge is -2.07. The summed E-state index contributed by atoms with van der Waals surface area (Å²) in [6.45, 7) is 0.616. The molecule has 0 aliphatic rings. The van der Waals surface area contributed by atoms with E-state index in [0.29, 0.717) is 4.96 Å². The number of hydrogen-bond donors (Lipinski definition) is 1. The zero-order chi connectivity index (χ0) is 18.8. The summed E-state index contributed by atoms with van der Waals surface area (Å²) in [6.07, 6.45) is 1.59. The number of thiazole rings is 1. The van der Waals surface area contributed by atoms with E-state index in [1.807, 2.05) is 0 Å². The maximum absolute atomic E-state index is 14.0. The van der Waals surface area contributed by atoms with Crippen LogP contribution >= 0.6 is 22.9 Å². The highest BCUT2D eigenvalue weighted by molar-refractivity contribution is 7.15. The number of fused-ring (bicyclic) bond motifs is 1. The molecule has 0 bridgehead atoms. The zero-order valence-corrected chi connectivity index (χ0v) is 14.9. The quantitative estimate of drug-likeness (QED) is 0.529. The van der Waals surface area contributed by atoms with E-state index in [1.165, 1.54) is 34.8 Å². The van der Waals surface area contributed by atoms with E-state index in [1.54, 1.807) is 11.6 Å². The molecule has 0 aliphatic heterocycles. The highest BCUT2D eigenvalue weighted by atomic mass is 35.5. The Morgan fingerprint density at radius 1 is 1.38 bits per heavy atom. The van der Waals surface area contributed by atoms with Crippen LogP contribution in [0.1, 0.15) is 27.8 Å². The van der Waals surface area contributed by atoms with Gasteiger partial charge in [0.2, 0.25) is 11.7 Å². The van der Waals surface area contributed by atoms with Crippen LogP contribution in [0.4, 0.5) is 10.1 Å². The van der Waals surface area contributed by atoms with Gasteiger partial charge in [0, 0.05) is 24.2 Å². The number of nitrogens with zero attached hydrogens (tertiary/aromatic N) is 2. The minimum Gasteiger partial charge on any atom is -0.453 e. The molecule has 0 saturated carbocycles. The minimum absolute atomic E-state index is 0.00260. The molecule has 0 spiro atoms. The number of halogens is 2. The van der Waals surface area contributed by atoms with E-state index in [-0.39, 0.29) is 28.0 Å². The smallest absolute Gasteiger partial charge is 0.359 e. The normalized spacial score (nSPS) is 10.7. The Morgan fingerprint density at radius 3 is 2.85 bits per heavy atom. The topological polar surface area (TPSA) is 89.8 Å². The van der Waals surface area contributed by atoms with Crippen LogP contribution < -0.4 is 5.32 Å². The van der Waals surface area contributed by atoms with E-state index in [9.17, 15) is 18.8 Å². The van der Waals surface area contributed by atoms with Crippen LogP contribution in [-0.2, 0) is 9.53 Å². The van der Waals surface area contributed by atoms with Gasteiger partial charge in [-0.15, -0.1) is 11.3 Å². The zero-order valence-electron chi connectivity index (χ0n) is 13.3. The summed E-state index contributed by atoms with van der Waals surface area (Å²) in [6, 6.07) is 3.60. The number of anilines is 1. The Bertz CT molecular complexity index is 1030. The second-order valence-corrected chi connectivity index (χ2v) is 6.41. The molecule has 1 N–H and O–H groups in total. The van der Waals surface area contributed by atoms with Crippen LogP contribution in [0.5, 0.6) is 0 Å². The molecule has 0 fully saturated rings. The maximum Gasteiger partial charge on any atom is 0.359 e. The highest BCUT2D eigenvalue weighted by Gasteiger charge is 2.22. The van der Waals surface area contributed by atoms with E-state index >= 15 is 0 Å². The largest absolute Gasteiger partial charge is 0.453 e. The van der Waals surface area contributed by atoms with Crippen molar-refractivity contribution in [1.29, 1.82) is 0 Å². The van der Waals surface area contributed by atoms with Crippen molar-refractivity contribution in [3.05, 3.63) is 52.0 Å². The average Bonchev–Trinajstić information content (AvgIpc) is 3.11. The second kappa shape index (κ2) is 7.22. The van der Waals surface area contributed by atoms with Gasteiger partial charge in [0.25, 0.3) is 0 Å². The van der Waals surface area contributed by atoms with Crippen molar-refractivity contribution >= 4 is 51.2 Å². The molecule has 0 unspecified atom stereocenters. The Labute approximate surface area is 155 Å². The number of hydrogen-bond acceptors (Lipinski definition) is 6. The Hall–Kier alpha value is -2.78. The van der Waals surface area contributed by atoms with Crippen LogP contribution in [0.3, 0.4) is 0 Å². The maximum atomic E-state index is 14.0. The van der Waals surface area contributed by atoms with Gasteiger partial charge in [-0.3, -0.25) is 14.0 Å². The third-order valence-electron chi connectivity index (χ3n) is 3.34. The number of nitrogens with one attached hydrogen (secondary N) is 1. The highest BCUT2D eigenvalue weighted by Crippen LogP contribution is 2.22. The van der Waals surface area contributed by atoms with Crippen LogP contribution in [0.25, 0.3) is 4.96 Å². The van der Waals surface area contributed by atoms with Gasteiger partial charge in [0.15, 0.2) is 22.4 Å². The van der Waals surface area contributed by atoms with Gasteiger partial charge in [-0.05, 0) is 18.2 Å². The van der Waals surface area contributed by atoms with Crippen molar-refractivity contribution in [3.63, 3.8) is 0 Å². The third kappa shape index (κ3) is 3.58. The summed E-state index contributed by atoms with van der Waals surface area (Å²) in [5.74, 6) is -2.77. The molecule has 3 aromatic rings. The first-order valence-corrected chi connectivity index (χ1v) is 8.51. The lowest BCUT2D eigenvalue weighted by atomic mass is 10.1. The molecule has 0 aliphatic carbocycles. The first-order valence-electron chi connectivity index (χ1n) is 7.25. The molecule has 0 radical (unpaired) electrons. The number of carbonyl (C=O) groups excluding carboxylic acids is 3. The molecule has 3 rings (SSSR count). The predicted octanol–water partition coefficient (Wildman–Crippen LogP) is 3.19. The van der Waals surface area contributed by atoms with Crippen molar-refractivity contribution < 1.29 is 23.5 Å². The van der Waals surface area contributed by atoms with Crippen LogP contribution in [0.2, 0.25) is 5.15 Å². The molecule has 7 nitrogen and oxygen atoms in total. The van der Waals surface area contributed by atoms with E-state index < -0.39 is 24.2 Å². The van der Waals surface area contributed by atoms with Crippen molar-refractivity contribution in [3.8, 4) is 0 Å². The summed E-state index contributed by atoms with van der Waals surface area (Å²) in [7, 11) is 0. The number of amides is 1. The first-order chi connectivity index (χ1) is 12.4. The summed E-state index contributed by atoms with van der Waals surface area (Å²) in [4.78, 5) is 39.8. The number of esters is 1. The molecule has 1 amide bonds. The SMILES string of the molecule is CC(=O)Nc1ccc(C(=O)COC(=O)c2c(Cl)nc3sccn23)c(F)c1. The molecule has 0 saturated heterocycles. The van der Waals surface area contributed by atoms with Gasteiger partial charge in [-0.1, -0.05) is 11.6 Å². The first kappa shape index (κ1) is 18.0. The Morgan fingerprint density at radius 2 is 2.15 bits per heavy atom. The lowest BCUT2D eigenvalue weighted by molar-refractivity contribution is -0.114. The Balaban J connectivity index is 1.70. The summed E-state index contributed by atoms with van der Waals surface area (Å²) in [5.41, 5.74) is -0.0430. The number of aromatic nitrogens is 2. The summed E-state index contributed by atoms with van der Waals surface area (Å²) < 4.78 is 20.4. The Kier molecular flexibility index (Phi) is 5.01. The molecule has 134 valence electrons. The van der Waals surface area contributed by atoms with Gasteiger partial charge < -0.3 is 10.1 Å². The van der Waals surface area contributed by atoms with Crippen molar-refractivity contribution in [2.45, 2.75) is 6.92 Å². The molecule has 26 heavy (non-hydrogen) atoms. The van der Waals surface area contributed by atoms with Gasteiger partial charge >= 0.3 is 5.97 Å². The van der Waals surface area contributed by atoms with E-state index in [0.717, 1.165) is 6.07 Å². The van der Waals surface area contributed by atoms with E-state index in [4.69, 9.17) is 16.3 Å². The third-order valence-corrected chi connectivity index (χ3v) is 4.36. The van der Waals surface area contributed by atoms with Crippen LogP contribution in [0.15, 0.2) is 29.8 Å². The molecule has 2 heterocycles. The molecular formula is C16H11ClFN3O4S. The molecular weight excluding hydrogens is 385 g/mol.